The van der Waals surface area contributed by atoms with E-state index >= 15 is 0 Å². The maximum absolute atomic E-state index is 6.17. The van der Waals surface area contributed by atoms with Gasteiger partial charge in [0.25, 0.3) is 0 Å². The summed E-state index contributed by atoms with van der Waals surface area (Å²) in [7, 11) is 0. The predicted molar refractivity (Wildman–Crippen MR) is 82.9 cm³/mol. The molecular formula is C16H17Cl2N. The highest BCUT2D eigenvalue weighted by atomic mass is 35.5. The van der Waals surface area contributed by atoms with E-state index in [1.807, 2.05) is 12.1 Å². The van der Waals surface area contributed by atoms with Crippen LogP contribution in [-0.4, -0.2) is 0 Å². The molecule has 0 spiro atoms. The van der Waals surface area contributed by atoms with Crippen LogP contribution in [0.15, 0.2) is 42.5 Å². The van der Waals surface area contributed by atoms with Gasteiger partial charge in [-0.1, -0.05) is 53.5 Å². The molecule has 1 atom stereocenters. The zero-order chi connectivity index (χ0) is 13.8. The summed E-state index contributed by atoms with van der Waals surface area (Å²) in [5, 5.41) is 4.86. The normalized spacial score (nSPS) is 12.4. The highest BCUT2D eigenvalue weighted by molar-refractivity contribution is 6.35. The van der Waals surface area contributed by atoms with Crippen LogP contribution < -0.4 is 5.32 Å². The van der Waals surface area contributed by atoms with Crippen LogP contribution in [0.4, 0.5) is 0 Å². The van der Waals surface area contributed by atoms with E-state index in [0.29, 0.717) is 10.0 Å². The van der Waals surface area contributed by atoms with E-state index in [1.54, 1.807) is 6.07 Å². The molecule has 0 aliphatic rings. The van der Waals surface area contributed by atoms with E-state index in [0.717, 1.165) is 12.1 Å². The van der Waals surface area contributed by atoms with Crippen molar-refractivity contribution >= 4 is 23.2 Å². The predicted octanol–water partition coefficient (Wildman–Crippen LogP) is 5.15. The van der Waals surface area contributed by atoms with Crippen molar-refractivity contribution < 1.29 is 0 Å². The molecule has 0 aromatic heterocycles. The fourth-order valence-electron chi connectivity index (χ4n) is 2.11. The Labute approximate surface area is 124 Å². The third-order valence-electron chi connectivity index (χ3n) is 3.27. The lowest BCUT2D eigenvalue weighted by atomic mass is 10.0. The van der Waals surface area contributed by atoms with Gasteiger partial charge < -0.3 is 5.32 Å². The van der Waals surface area contributed by atoms with Crippen LogP contribution in [0.25, 0.3) is 0 Å². The van der Waals surface area contributed by atoms with Gasteiger partial charge in [0.05, 0.1) is 0 Å². The third kappa shape index (κ3) is 3.73. The molecule has 0 heterocycles. The van der Waals surface area contributed by atoms with Crippen molar-refractivity contribution in [1.29, 1.82) is 0 Å². The van der Waals surface area contributed by atoms with Gasteiger partial charge in [0, 0.05) is 22.6 Å². The van der Waals surface area contributed by atoms with E-state index in [2.05, 4.69) is 43.4 Å². The fraction of sp³-hybridized carbons (Fsp3) is 0.250. The van der Waals surface area contributed by atoms with Crippen molar-refractivity contribution in [2.24, 2.45) is 0 Å². The molecular weight excluding hydrogens is 277 g/mol. The minimum Gasteiger partial charge on any atom is -0.306 e. The quantitative estimate of drug-likeness (QED) is 0.822. The second kappa shape index (κ2) is 6.42. The van der Waals surface area contributed by atoms with E-state index in [4.69, 9.17) is 23.2 Å². The Hall–Kier alpha value is -1.02. The van der Waals surface area contributed by atoms with E-state index in [1.165, 1.54) is 11.1 Å². The van der Waals surface area contributed by atoms with Crippen molar-refractivity contribution in [2.45, 2.75) is 26.4 Å². The minimum atomic E-state index is 0.285. The average molecular weight is 294 g/mol. The first-order valence-corrected chi connectivity index (χ1v) is 7.06. The molecule has 100 valence electrons. The molecule has 0 radical (unpaired) electrons. The van der Waals surface area contributed by atoms with Crippen molar-refractivity contribution in [2.75, 3.05) is 0 Å². The molecule has 0 amide bonds. The zero-order valence-electron chi connectivity index (χ0n) is 11.1. The Morgan fingerprint density at radius 3 is 2.53 bits per heavy atom. The van der Waals surface area contributed by atoms with E-state index in [-0.39, 0.29) is 6.04 Å². The van der Waals surface area contributed by atoms with Gasteiger partial charge >= 0.3 is 0 Å². The van der Waals surface area contributed by atoms with Crippen LogP contribution in [0.3, 0.4) is 0 Å². The molecule has 3 heteroatoms. The van der Waals surface area contributed by atoms with Crippen LogP contribution >= 0.6 is 23.2 Å². The standard InChI is InChI=1S/C16H17Cl2N/c1-11-5-3-4-6-15(11)12(2)19-10-13-7-8-14(17)9-16(13)18/h3-9,12,19H,10H2,1-2H3. The maximum atomic E-state index is 6.17. The summed E-state index contributed by atoms with van der Waals surface area (Å²) in [5.41, 5.74) is 3.67. The van der Waals surface area contributed by atoms with Crippen molar-refractivity contribution in [3.63, 3.8) is 0 Å². The first-order chi connectivity index (χ1) is 9.08. The second-order valence-electron chi connectivity index (χ2n) is 4.69. The number of halogens is 2. The van der Waals surface area contributed by atoms with Crippen LogP contribution in [0.5, 0.6) is 0 Å². The number of aryl methyl sites for hydroxylation is 1. The van der Waals surface area contributed by atoms with Gasteiger partial charge in [-0.25, -0.2) is 0 Å². The summed E-state index contributed by atoms with van der Waals surface area (Å²) in [6.07, 6.45) is 0. The summed E-state index contributed by atoms with van der Waals surface area (Å²) >= 11 is 12.1. The van der Waals surface area contributed by atoms with Gasteiger partial charge in [0.2, 0.25) is 0 Å². The van der Waals surface area contributed by atoms with Crippen LogP contribution in [0, 0.1) is 6.92 Å². The molecule has 0 bridgehead atoms. The molecule has 2 aromatic rings. The van der Waals surface area contributed by atoms with E-state index < -0.39 is 0 Å². The smallest absolute Gasteiger partial charge is 0.0465 e. The average Bonchev–Trinajstić information content (AvgIpc) is 2.38. The van der Waals surface area contributed by atoms with Gasteiger partial charge in [-0.3, -0.25) is 0 Å². The molecule has 1 unspecified atom stereocenters. The molecule has 0 aliphatic carbocycles. The number of hydrogen-bond donors (Lipinski definition) is 1. The monoisotopic (exact) mass is 293 g/mol. The van der Waals surface area contributed by atoms with Crippen molar-refractivity contribution in [3.05, 3.63) is 69.2 Å². The van der Waals surface area contributed by atoms with Gasteiger partial charge in [0.15, 0.2) is 0 Å². The summed E-state index contributed by atoms with van der Waals surface area (Å²) in [6.45, 7) is 5.01. The highest BCUT2D eigenvalue weighted by Crippen LogP contribution is 2.22. The van der Waals surface area contributed by atoms with Gasteiger partial charge in [-0.05, 0) is 42.7 Å². The number of nitrogens with one attached hydrogen (secondary N) is 1. The lowest BCUT2D eigenvalue weighted by molar-refractivity contribution is 0.572. The number of rotatable bonds is 4. The molecule has 0 saturated heterocycles. The largest absolute Gasteiger partial charge is 0.306 e. The first kappa shape index (κ1) is 14.4. The summed E-state index contributed by atoms with van der Waals surface area (Å²) in [4.78, 5) is 0. The Balaban J connectivity index is 2.04. The highest BCUT2D eigenvalue weighted by Gasteiger charge is 2.08. The third-order valence-corrected chi connectivity index (χ3v) is 3.86. The molecule has 1 nitrogen and oxygen atoms in total. The van der Waals surface area contributed by atoms with Gasteiger partial charge in [-0.2, -0.15) is 0 Å². The molecule has 0 fully saturated rings. The minimum absolute atomic E-state index is 0.285. The van der Waals surface area contributed by atoms with Gasteiger partial charge in [-0.15, -0.1) is 0 Å². The lowest BCUT2D eigenvalue weighted by Crippen LogP contribution is -2.19. The Morgan fingerprint density at radius 2 is 1.84 bits per heavy atom. The van der Waals surface area contributed by atoms with Crippen LogP contribution in [-0.2, 0) is 6.54 Å². The Morgan fingerprint density at radius 1 is 1.11 bits per heavy atom. The molecule has 2 aromatic carbocycles. The fourth-order valence-corrected chi connectivity index (χ4v) is 2.59. The molecule has 2 rings (SSSR count). The first-order valence-electron chi connectivity index (χ1n) is 6.31. The lowest BCUT2D eigenvalue weighted by Gasteiger charge is -2.17. The molecule has 0 saturated carbocycles. The zero-order valence-corrected chi connectivity index (χ0v) is 12.6. The number of hydrogen-bond acceptors (Lipinski definition) is 1. The molecule has 1 N–H and O–H groups in total. The summed E-state index contributed by atoms with van der Waals surface area (Å²) < 4.78 is 0. The van der Waals surface area contributed by atoms with Gasteiger partial charge in [0.1, 0.15) is 0 Å². The van der Waals surface area contributed by atoms with Crippen molar-refractivity contribution in [3.8, 4) is 0 Å². The van der Waals surface area contributed by atoms with Crippen LogP contribution in [0.2, 0.25) is 10.0 Å². The molecule has 0 aliphatic heterocycles. The Kier molecular flexibility index (Phi) is 4.87. The second-order valence-corrected chi connectivity index (χ2v) is 5.54. The molecule has 19 heavy (non-hydrogen) atoms. The maximum Gasteiger partial charge on any atom is 0.0465 e. The van der Waals surface area contributed by atoms with Crippen molar-refractivity contribution in [1.82, 2.24) is 5.32 Å². The summed E-state index contributed by atoms with van der Waals surface area (Å²) in [5.74, 6) is 0. The van der Waals surface area contributed by atoms with E-state index in [9.17, 15) is 0 Å². The topological polar surface area (TPSA) is 12.0 Å². The number of benzene rings is 2. The SMILES string of the molecule is Cc1ccccc1C(C)NCc1ccc(Cl)cc1Cl. The van der Waals surface area contributed by atoms with Crippen LogP contribution in [0.1, 0.15) is 29.7 Å². The summed E-state index contributed by atoms with van der Waals surface area (Å²) in [6, 6.07) is 14.3. The Bertz CT molecular complexity index is 566.